The van der Waals surface area contributed by atoms with Crippen LogP contribution in [0.1, 0.15) is 129 Å². The summed E-state index contributed by atoms with van der Waals surface area (Å²) in [6.07, 6.45) is 0. The lowest BCUT2D eigenvalue weighted by Gasteiger charge is -2.44. The summed E-state index contributed by atoms with van der Waals surface area (Å²) in [7, 11) is 0. The van der Waals surface area contributed by atoms with Gasteiger partial charge in [-0.3, -0.25) is 0 Å². The average Bonchev–Trinajstić information content (AvgIpc) is 3.57. The summed E-state index contributed by atoms with van der Waals surface area (Å²) in [5.74, 6) is 0. The molecule has 0 N–H and O–H groups in total. The number of thiophene rings is 1. The van der Waals surface area contributed by atoms with Crippen LogP contribution in [0.2, 0.25) is 0 Å². The molecular formula is C74H70BN3S. The zero-order valence-electron chi connectivity index (χ0n) is 48.2. The van der Waals surface area contributed by atoms with Gasteiger partial charge in [0.15, 0.2) is 0 Å². The van der Waals surface area contributed by atoms with E-state index in [4.69, 9.17) is 0 Å². The van der Waals surface area contributed by atoms with Crippen molar-refractivity contribution in [1.29, 1.82) is 0 Å². The number of fused-ring (bicyclic) bond motifs is 12. The Morgan fingerprint density at radius 3 is 1.52 bits per heavy atom. The second-order valence-corrected chi connectivity index (χ2v) is 28.1. The molecule has 2 aliphatic carbocycles. The molecule has 4 aliphatic rings. The number of anilines is 9. The van der Waals surface area contributed by atoms with E-state index in [-0.39, 0.29) is 33.8 Å². The van der Waals surface area contributed by atoms with E-state index >= 15 is 0 Å². The van der Waals surface area contributed by atoms with Gasteiger partial charge in [0.25, 0.3) is 6.71 Å². The highest BCUT2D eigenvalue weighted by Gasteiger charge is 2.48. The Morgan fingerprint density at radius 2 is 0.911 bits per heavy atom. The molecule has 5 heteroatoms. The molecule has 0 unspecified atom stereocenters. The molecule has 0 bridgehead atoms. The molecule has 390 valence electrons. The Balaban J connectivity index is 1.06. The van der Waals surface area contributed by atoms with E-state index in [0.717, 1.165) is 17.1 Å². The van der Waals surface area contributed by atoms with Crippen LogP contribution < -0.4 is 30.4 Å². The molecule has 1 aromatic heterocycles. The topological polar surface area (TPSA) is 9.72 Å². The van der Waals surface area contributed by atoms with Crippen molar-refractivity contribution in [2.75, 3.05) is 14.7 Å². The number of hydrogen-bond acceptors (Lipinski definition) is 4. The molecule has 10 aromatic rings. The summed E-state index contributed by atoms with van der Waals surface area (Å²) in [5, 5.41) is 1.31. The molecule has 0 amide bonds. The Kier molecular flexibility index (Phi) is 10.7. The van der Waals surface area contributed by atoms with E-state index in [9.17, 15) is 0 Å². The third-order valence-electron chi connectivity index (χ3n) is 18.3. The van der Waals surface area contributed by atoms with E-state index < -0.39 is 0 Å². The van der Waals surface area contributed by atoms with Gasteiger partial charge in [0.05, 0.1) is 11.4 Å². The monoisotopic (exact) mass is 1040 g/mol. The smallest absolute Gasteiger partial charge is 0.264 e. The van der Waals surface area contributed by atoms with Crippen LogP contribution >= 0.6 is 11.3 Å². The highest BCUT2D eigenvalue weighted by Crippen LogP contribution is 2.57. The first-order valence-corrected chi connectivity index (χ1v) is 29.4. The Bertz CT molecular complexity index is 4080. The first-order chi connectivity index (χ1) is 37.6. The summed E-state index contributed by atoms with van der Waals surface area (Å²) in [6, 6.07) is 73.0. The van der Waals surface area contributed by atoms with E-state index in [2.05, 4.69) is 293 Å². The molecule has 2 aliphatic heterocycles. The molecule has 0 spiro atoms. The zero-order chi connectivity index (χ0) is 54.9. The fourth-order valence-corrected chi connectivity index (χ4v) is 15.3. The van der Waals surface area contributed by atoms with Crippen LogP contribution in [0.15, 0.2) is 188 Å². The Labute approximate surface area is 473 Å². The largest absolute Gasteiger partial charge is 0.311 e. The SMILES string of the molecule is CC(C)(C)c1ccc(N(c2ccc(C(C)(C)C)cc2)c2ccc3c(c2)N(c2cccc4c2-c2ccccc2C4(C)C)c2cccc4c2B3c2sc3cc5c(cc3c2N4c2ccc(C(C)(C)C)cc2)-c2ccccc2C5(C)C)cc1. The third-order valence-corrected chi connectivity index (χ3v) is 19.5. The molecule has 9 aromatic carbocycles. The van der Waals surface area contributed by atoms with Gasteiger partial charge in [-0.05, 0) is 162 Å². The normalized spacial score (nSPS) is 15.3. The first kappa shape index (κ1) is 49.7. The number of rotatable bonds is 5. The second kappa shape index (κ2) is 17.0. The summed E-state index contributed by atoms with van der Waals surface area (Å²) in [6.45, 7) is 30.3. The van der Waals surface area contributed by atoms with Crippen LogP contribution in [-0.4, -0.2) is 6.71 Å². The summed E-state index contributed by atoms with van der Waals surface area (Å²) in [5.41, 5.74) is 28.0. The fraction of sp³-hybridized carbons (Fsp3) is 0.243. The maximum absolute atomic E-state index is 2.65. The lowest BCUT2D eigenvalue weighted by atomic mass is 9.36. The van der Waals surface area contributed by atoms with Gasteiger partial charge in [-0.1, -0.05) is 199 Å². The minimum absolute atomic E-state index is 0.0198. The van der Waals surface area contributed by atoms with Crippen molar-refractivity contribution in [2.24, 2.45) is 0 Å². The third kappa shape index (κ3) is 7.37. The van der Waals surface area contributed by atoms with Gasteiger partial charge in [0.2, 0.25) is 0 Å². The van der Waals surface area contributed by atoms with E-state index in [1.807, 2.05) is 11.3 Å². The Hall–Kier alpha value is -7.60. The van der Waals surface area contributed by atoms with Gasteiger partial charge in [-0.15, -0.1) is 11.3 Å². The van der Waals surface area contributed by atoms with Crippen molar-refractivity contribution < 1.29 is 0 Å². The van der Waals surface area contributed by atoms with Crippen LogP contribution in [0, 0.1) is 0 Å². The molecule has 3 nitrogen and oxygen atoms in total. The van der Waals surface area contributed by atoms with Crippen molar-refractivity contribution in [1.82, 2.24) is 0 Å². The summed E-state index contributed by atoms with van der Waals surface area (Å²) in [4.78, 5) is 7.76. The second-order valence-electron chi connectivity index (χ2n) is 27.0. The quantitative estimate of drug-likeness (QED) is 0.159. The molecule has 0 saturated carbocycles. The molecule has 0 atom stereocenters. The molecular weight excluding hydrogens is 974 g/mol. The number of nitrogens with zero attached hydrogens (tertiary/aromatic N) is 3. The predicted octanol–water partition coefficient (Wildman–Crippen LogP) is 19.0. The van der Waals surface area contributed by atoms with Gasteiger partial charge in [-0.2, -0.15) is 0 Å². The van der Waals surface area contributed by atoms with Crippen LogP contribution in [0.4, 0.5) is 51.2 Å². The van der Waals surface area contributed by atoms with E-state index in [1.165, 1.54) is 121 Å². The fourth-order valence-electron chi connectivity index (χ4n) is 14.0. The molecule has 0 radical (unpaired) electrons. The number of benzene rings is 9. The van der Waals surface area contributed by atoms with Crippen molar-refractivity contribution in [3.05, 3.63) is 227 Å². The maximum Gasteiger partial charge on any atom is 0.264 e. The minimum atomic E-state index is -0.173. The molecule has 79 heavy (non-hydrogen) atoms. The van der Waals surface area contributed by atoms with E-state index in [1.54, 1.807) is 0 Å². The van der Waals surface area contributed by atoms with Crippen LogP contribution in [0.5, 0.6) is 0 Å². The van der Waals surface area contributed by atoms with Crippen molar-refractivity contribution in [3.63, 3.8) is 0 Å². The van der Waals surface area contributed by atoms with Gasteiger partial charge in [-0.25, -0.2) is 0 Å². The molecule has 14 rings (SSSR count). The summed E-state index contributed by atoms with van der Waals surface area (Å²) < 4.78 is 2.72. The van der Waals surface area contributed by atoms with Gasteiger partial charge >= 0.3 is 0 Å². The van der Waals surface area contributed by atoms with Crippen LogP contribution in [0.3, 0.4) is 0 Å². The lowest BCUT2D eigenvalue weighted by Crippen LogP contribution is -2.60. The van der Waals surface area contributed by atoms with E-state index in [0.29, 0.717) is 0 Å². The highest BCUT2D eigenvalue weighted by molar-refractivity contribution is 7.33. The summed E-state index contributed by atoms with van der Waals surface area (Å²) >= 11 is 2.00. The average molecular weight is 1040 g/mol. The lowest BCUT2D eigenvalue weighted by molar-refractivity contribution is 0.590. The minimum Gasteiger partial charge on any atom is -0.311 e. The first-order valence-electron chi connectivity index (χ1n) is 28.5. The molecule has 0 fully saturated rings. The maximum atomic E-state index is 2.65. The molecule has 3 heterocycles. The van der Waals surface area contributed by atoms with Crippen molar-refractivity contribution in [2.45, 2.75) is 117 Å². The standard InChI is InChI=1S/C74H70BN3S/c1-70(2,3)45-28-34-48(35-29-45)76(49-36-30-46(31-37-49)71(4,5)6)51-40-41-60-64(42-51)78(61-25-18-24-58-66(61)53-21-15-17-23-57(53)73(58,10)11)63-27-19-26-62-67(63)75(60)69-68(77(62)50-38-32-47(33-39-50)72(7,8)9)55-43-54-52-20-14-16-22-56(52)74(12,13)59(54)44-65(55)79-69/h14-44H,1-13H3. The van der Waals surface area contributed by atoms with Gasteiger partial charge in [0, 0.05) is 71.1 Å². The van der Waals surface area contributed by atoms with Crippen molar-refractivity contribution in [3.8, 4) is 22.3 Å². The molecule has 0 saturated heterocycles. The van der Waals surface area contributed by atoms with Crippen LogP contribution in [0.25, 0.3) is 32.3 Å². The predicted molar refractivity (Wildman–Crippen MR) is 342 cm³/mol. The zero-order valence-corrected chi connectivity index (χ0v) is 49.0. The number of hydrogen-bond donors (Lipinski definition) is 0. The van der Waals surface area contributed by atoms with Gasteiger partial charge in [0.1, 0.15) is 0 Å². The van der Waals surface area contributed by atoms with Gasteiger partial charge < -0.3 is 14.7 Å². The highest BCUT2D eigenvalue weighted by atomic mass is 32.1. The van der Waals surface area contributed by atoms with Crippen LogP contribution in [-0.2, 0) is 27.1 Å². The van der Waals surface area contributed by atoms with Crippen molar-refractivity contribution >= 4 is 95.0 Å². The Morgan fingerprint density at radius 1 is 0.418 bits per heavy atom.